The average molecular weight is 477 g/mol. The maximum atomic E-state index is 12.0. The highest BCUT2D eigenvalue weighted by Gasteiger charge is 2.20. The van der Waals surface area contributed by atoms with Gasteiger partial charge in [0.1, 0.15) is 11.5 Å². The van der Waals surface area contributed by atoms with Crippen LogP contribution in [0.3, 0.4) is 0 Å². The van der Waals surface area contributed by atoms with Crippen LogP contribution in [0.5, 0.6) is 11.5 Å². The molecular formula is C26H32N6O3. The number of benzene rings is 1. The molecule has 0 bridgehead atoms. The molecule has 9 heteroatoms. The molecule has 1 aliphatic rings. The monoisotopic (exact) mass is 476 g/mol. The standard InChI is InChI=1S/C26H32N6O3/c1-3-7-28-26(34)24-5-6-25(30-29-24)32-10-8-31(9-11-32)18-19-12-20(15-23(13-19)35-4-2)21-14-22(33)17-27-16-21/h5-6,12-17,33H,3-4,7-11,18H2,1-2H3,(H,28,34). The number of nitrogens with zero attached hydrogens (tertiary/aromatic N) is 5. The molecule has 3 heterocycles. The van der Waals surface area contributed by atoms with Gasteiger partial charge in [0.05, 0.1) is 12.8 Å². The van der Waals surface area contributed by atoms with E-state index in [1.165, 1.54) is 6.20 Å². The highest BCUT2D eigenvalue weighted by molar-refractivity contribution is 5.92. The predicted octanol–water partition coefficient (Wildman–Crippen LogP) is 3.10. The molecule has 1 aliphatic heterocycles. The fraction of sp³-hybridized carbons (Fsp3) is 0.385. The molecule has 0 unspecified atom stereocenters. The Bertz CT molecular complexity index is 1130. The first-order valence-corrected chi connectivity index (χ1v) is 12.1. The molecule has 2 aromatic heterocycles. The fourth-order valence-electron chi connectivity index (χ4n) is 4.09. The lowest BCUT2D eigenvalue weighted by atomic mass is 10.0. The zero-order valence-corrected chi connectivity index (χ0v) is 20.3. The summed E-state index contributed by atoms with van der Waals surface area (Å²) in [7, 11) is 0. The minimum absolute atomic E-state index is 0.139. The van der Waals surface area contributed by atoms with Crippen LogP contribution in [0.15, 0.2) is 48.8 Å². The topological polar surface area (TPSA) is 104 Å². The van der Waals surface area contributed by atoms with E-state index < -0.39 is 0 Å². The second-order valence-electron chi connectivity index (χ2n) is 8.53. The van der Waals surface area contributed by atoms with Gasteiger partial charge in [0, 0.05) is 51.0 Å². The van der Waals surface area contributed by atoms with E-state index in [4.69, 9.17) is 4.74 Å². The molecule has 2 N–H and O–H groups in total. The molecule has 0 aliphatic carbocycles. The van der Waals surface area contributed by atoms with Crippen molar-refractivity contribution < 1.29 is 14.6 Å². The lowest BCUT2D eigenvalue weighted by Gasteiger charge is -2.35. The van der Waals surface area contributed by atoms with Gasteiger partial charge in [0.2, 0.25) is 0 Å². The van der Waals surface area contributed by atoms with Crippen LogP contribution < -0.4 is 15.0 Å². The minimum Gasteiger partial charge on any atom is -0.506 e. The molecule has 1 fully saturated rings. The number of aromatic nitrogens is 3. The van der Waals surface area contributed by atoms with Crippen LogP contribution in [-0.2, 0) is 6.54 Å². The Morgan fingerprint density at radius 3 is 2.54 bits per heavy atom. The van der Waals surface area contributed by atoms with E-state index in [-0.39, 0.29) is 11.7 Å². The van der Waals surface area contributed by atoms with Crippen molar-refractivity contribution in [1.82, 2.24) is 25.4 Å². The predicted molar refractivity (Wildman–Crippen MR) is 135 cm³/mol. The number of carbonyl (C=O) groups excluding carboxylic acids is 1. The van der Waals surface area contributed by atoms with Crippen molar-refractivity contribution in [3.63, 3.8) is 0 Å². The van der Waals surface area contributed by atoms with Gasteiger partial charge < -0.3 is 20.1 Å². The van der Waals surface area contributed by atoms with Gasteiger partial charge in [-0.3, -0.25) is 14.7 Å². The zero-order valence-electron chi connectivity index (χ0n) is 20.3. The lowest BCUT2D eigenvalue weighted by molar-refractivity contribution is 0.0947. The summed E-state index contributed by atoms with van der Waals surface area (Å²) < 4.78 is 5.80. The number of pyridine rings is 1. The largest absolute Gasteiger partial charge is 0.506 e. The van der Waals surface area contributed by atoms with Gasteiger partial charge in [-0.2, -0.15) is 0 Å². The van der Waals surface area contributed by atoms with E-state index in [0.717, 1.165) is 67.4 Å². The second-order valence-corrected chi connectivity index (χ2v) is 8.53. The lowest BCUT2D eigenvalue weighted by Crippen LogP contribution is -2.46. The highest BCUT2D eigenvalue weighted by Crippen LogP contribution is 2.28. The summed E-state index contributed by atoms with van der Waals surface area (Å²) in [5.74, 6) is 1.54. The third-order valence-electron chi connectivity index (χ3n) is 5.86. The van der Waals surface area contributed by atoms with E-state index in [1.807, 2.05) is 26.0 Å². The van der Waals surface area contributed by atoms with Crippen LogP contribution in [0.4, 0.5) is 5.82 Å². The zero-order chi connectivity index (χ0) is 24.6. The van der Waals surface area contributed by atoms with Gasteiger partial charge in [-0.25, -0.2) is 0 Å². The Balaban J connectivity index is 1.39. The van der Waals surface area contributed by atoms with Crippen molar-refractivity contribution in [2.24, 2.45) is 0 Å². The number of piperazine rings is 1. The van der Waals surface area contributed by atoms with Gasteiger partial charge in [-0.05, 0) is 60.9 Å². The number of aromatic hydroxyl groups is 1. The van der Waals surface area contributed by atoms with Crippen LogP contribution >= 0.6 is 0 Å². The summed E-state index contributed by atoms with van der Waals surface area (Å²) in [6, 6.07) is 11.5. The maximum absolute atomic E-state index is 12.0. The third-order valence-corrected chi connectivity index (χ3v) is 5.86. The molecule has 3 aromatic rings. The van der Waals surface area contributed by atoms with Crippen molar-refractivity contribution in [1.29, 1.82) is 0 Å². The van der Waals surface area contributed by atoms with Crippen molar-refractivity contribution in [3.8, 4) is 22.6 Å². The normalized spacial score (nSPS) is 14.1. The quantitative estimate of drug-likeness (QED) is 0.486. The molecule has 1 amide bonds. The Labute approximate surface area is 205 Å². The summed E-state index contributed by atoms with van der Waals surface area (Å²) >= 11 is 0. The number of anilines is 1. The molecule has 1 saturated heterocycles. The van der Waals surface area contributed by atoms with E-state index in [2.05, 4.69) is 42.4 Å². The summed E-state index contributed by atoms with van der Waals surface area (Å²) in [6.45, 7) is 9.38. The molecule has 0 radical (unpaired) electrons. The van der Waals surface area contributed by atoms with E-state index in [0.29, 0.717) is 18.8 Å². The van der Waals surface area contributed by atoms with E-state index in [1.54, 1.807) is 18.3 Å². The molecule has 0 atom stereocenters. The fourth-order valence-corrected chi connectivity index (χ4v) is 4.09. The van der Waals surface area contributed by atoms with Crippen molar-refractivity contribution in [3.05, 3.63) is 60.0 Å². The van der Waals surface area contributed by atoms with Gasteiger partial charge in [0.25, 0.3) is 5.91 Å². The first kappa shape index (κ1) is 24.4. The Hall–Kier alpha value is -3.72. The summed E-state index contributed by atoms with van der Waals surface area (Å²) in [4.78, 5) is 20.7. The number of ether oxygens (including phenoxy) is 1. The Morgan fingerprint density at radius 2 is 1.86 bits per heavy atom. The second kappa shape index (κ2) is 11.6. The molecule has 184 valence electrons. The molecule has 9 nitrogen and oxygen atoms in total. The first-order valence-electron chi connectivity index (χ1n) is 12.1. The van der Waals surface area contributed by atoms with Gasteiger partial charge >= 0.3 is 0 Å². The summed E-state index contributed by atoms with van der Waals surface area (Å²) in [5.41, 5.74) is 3.30. The summed E-state index contributed by atoms with van der Waals surface area (Å²) in [6.07, 6.45) is 4.05. The van der Waals surface area contributed by atoms with Crippen LogP contribution in [0.1, 0.15) is 36.3 Å². The molecular weight excluding hydrogens is 444 g/mol. The van der Waals surface area contributed by atoms with Crippen molar-refractivity contribution >= 4 is 11.7 Å². The van der Waals surface area contributed by atoms with E-state index >= 15 is 0 Å². The summed E-state index contributed by atoms with van der Waals surface area (Å²) in [5, 5.41) is 21.0. The molecule has 4 rings (SSSR count). The Morgan fingerprint density at radius 1 is 1.03 bits per heavy atom. The number of amides is 1. The minimum atomic E-state index is -0.189. The average Bonchev–Trinajstić information content (AvgIpc) is 2.88. The van der Waals surface area contributed by atoms with Crippen LogP contribution in [0.2, 0.25) is 0 Å². The number of hydrogen-bond acceptors (Lipinski definition) is 8. The van der Waals surface area contributed by atoms with Gasteiger partial charge in [0.15, 0.2) is 11.5 Å². The molecule has 1 aromatic carbocycles. The third kappa shape index (κ3) is 6.45. The Kier molecular flexibility index (Phi) is 8.10. The SMILES string of the molecule is CCCNC(=O)c1ccc(N2CCN(Cc3cc(OCC)cc(-c4cncc(O)c4)c3)CC2)nn1. The number of rotatable bonds is 9. The van der Waals surface area contributed by atoms with Crippen LogP contribution in [-0.4, -0.2) is 70.4 Å². The number of nitrogens with one attached hydrogen (secondary N) is 1. The van der Waals surface area contributed by atoms with Crippen LogP contribution in [0.25, 0.3) is 11.1 Å². The maximum Gasteiger partial charge on any atom is 0.271 e. The number of hydrogen-bond donors (Lipinski definition) is 2. The smallest absolute Gasteiger partial charge is 0.271 e. The van der Waals surface area contributed by atoms with E-state index in [9.17, 15) is 9.90 Å². The number of carbonyl (C=O) groups is 1. The first-order chi connectivity index (χ1) is 17.1. The molecule has 0 saturated carbocycles. The van der Waals surface area contributed by atoms with Gasteiger partial charge in [-0.1, -0.05) is 6.92 Å². The van der Waals surface area contributed by atoms with Crippen molar-refractivity contribution in [2.45, 2.75) is 26.8 Å². The highest BCUT2D eigenvalue weighted by atomic mass is 16.5. The van der Waals surface area contributed by atoms with Gasteiger partial charge in [-0.15, -0.1) is 10.2 Å². The van der Waals surface area contributed by atoms with Crippen molar-refractivity contribution in [2.75, 3.05) is 44.2 Å². The molecule has 35 heavy (non-hydrogen) atoms. The molecule has 0 spiro atoms. The van der Waals surface area contributed by atoms with Crippen LogP contribution in [0, 0.1) is 0 Å².